The number of likely N-dealkylation sites (tertiary alicyclic amines) is 1. The van der Waals surface area contributed by atoms with Crippen LogP contribution in [0.4, 0.5) is 0 Å². The monoisotopic (exact) mass is 342 g/mol. The molecule has 126 valence electrons. The molecule has 1 amide bonds. The molecule has 1 fully saturated rings. The third kappa shape index (κ3) is 2.82. The molecule has 24 heavy (non-hydrogen) atoms. The van der Waals surface area contributed by atoms with Crippen molar-refractivity contribution in [3.63, 3.8) is 0 Å². The number of nitrogens with one attached hydrogen (secondary N) is 1. The van der Waals surface area contributed by atoms with Crippen LogP contribution in [0.2, 0.25) is 0 Å². The van der Waals surface area contributed by atoms with Gasteiger partial charge >= 0.3 is 0 Å². The minimum absolute atomic E-state index is 0.0369. The summed E-state index contributed by atoms with van der Waals surface area (Å²) in [7, 11) is 0. The van der Waals surface area contributed by atoms with Crippen molar-refractivity contribution in [3.8, 4) is 16.2 Å². The van der Waals surface area contributed by atoms with Crippen LogP contribution in [0.1, 0.15) is 35.0 Å². The van der Waals surface area contributed by atoms with E-state index in [2.05, 4.69) is 23.2 Å². The molecule has 1 atom stereocenters. The quantitative estimate of drug-likeness (QED) is 0.924. The van der Waals surface area contributed by atoms with Crippen LogP contribution >= 0.6 is 11.3 Å². The third-order valence-corrected chi connectivity index (χ3v) is 6.16. The van der Waals surface area contributed by atoms with Crippen LogP contribution in [0.3, 0.4) is 0 Å². The first-order valence-electron chi connectivity index (χ1n) is 8.63. The highest BCUT2D eigenvalue weighted by Crippen LogP contribution is 2.42. The Kier molecular flexibility index (Phi) is 4.29. The second-order valence-corrected chi connectivity index (χ2v) is 7.44. The number of hydrogen-bond donors (Lipinski definition) is 1. The standard InChI is InChI=1S/C19H22N2O2S/c1-2-21-9-5-6-14(21)11-20-19(22)17-10-13-12-23-16-8-4-3-7-15(16)18(13)24-17/h3-4,7-8,10,14H,2,5-6,9,11-12H2,1H3,(H,20,22). The van der Waals surface area contributed by atoms with E-state index in [1.165, 1.54) is 12.8 Å². The summed E-state index contributed by atoms with van der Waals surface area (Å²) < 4.78 is 5.78. The number of carbonyl (C=O) groups is 1. The Bertz CT molecular complexity index is 756. The zero-order valence-electron chi connectivity index (χ0n) is 13.9. The van der Waals surface area contributed by atoms with E-state index in [0.717, 1.165) is 46.3 Å². The molecule has 1 unspecified atom stereocenters. The number of thiophene rings is 1. The molecule has 0 spiro atoms. The molecule has 0 radical (unpaired) electrons. The summed E-state index contributed by atoms with van der Waals surface area (Å²) in [6.07, 6.45) is 2.41. The van der Waals surface area contributed by atoms with Gasteiger partial charge in [-0.05, 0) is 44.1 Å². The van der Waals surface area contributed by atoms with Crippen molar-refractivity contribution >= 4 is 17.2 Å². The van der Waals surface area contributed by atoms with Crippen LogP contribution in [-0.2, 0) is 6.61 Å². The van der Waals surface area contributed by atoms with Crippen LogP contribution in [0.5, 0.6) is 5.75 Å². The normalized spacial score (nSPS) is 19.5. The number of fused-ring (bicyclic) bond motifs is 3. The number of carbonyl (C=O) groups excluding carboxylic acids is 1. The Morgan fingerprint density at radius 2 is 2.29 bits per heavy atom. The first-order chi connectivity index (χ1) is 11.8. The second-order valence-electron chi connectivity index (χ2n) is 6.38. The number of para-hydroxylation sites is 1. The smallest absolute Gasteiger partial charge is 0.261 e. The number of amides is 1. The van der Waals surface area contributed by atoms with Gasteiger partial charge in [-0.15, -0.1) is 11.3 Å². The fourth-order valence-corrected chi connectivity index (χ4v) is 4.77. The third-order valence-electron chi connectivity index (χ3n) is 4.95. The number of ether oxygens (including phenoxy) is 1. The SMILES string of the molecule is CCN1CCCC1CNC(=O)c1cc2c(s1)-c1ccccc1OC2. The summed E-state index contributed by atoms with van der Waals surface area (Å²) in [6.45, 7) is 5.68. The van der Waals surface area contributed by atoms with Crippen molar-refractivity contribution in [3.05, 3.63) is 40.8 Å². The van der Waals surface area contributed by atoms with E-state index in [4.69, 9.17) is 4.74 Å². The van der Waals surface area contributed by atoms with Gasteiger partial charge in [0.1, 0.15) is 12.4 Å². The second kappa shape index (κ2) is 6.57. The molecule has 1 aromatic heterocycles. The Hall–Kier alpha value is -1.85. The van der Waals surface area contributed by atoms with Crippen LogP contribution in [0.25, 0.3) is 10.4 Å². The molecule has 0 bridgehead atoms. The largest absolute Gasteiger partial charge is 0.488 e. The number of nitrogens with zero attached hydrogens (tertiary/aromatic N) is 1. The van der Waals surface area contributed by atoms with Crippen LogP contribution in [0, 0.1) is 0 Å². The molecular weight excluding hydrogens is 320 g/mol. The summed E-state index contributed by atoms with van der Waals surface area (Å²) in [5, 5.41) is 3.13. The maximum absolute atomic E-state index is 12.6. The lowest BCUT2D eigenvalue weighted by Gasteiger charge is -2.22. The lowest BCUT2D eigenvalue weighted by atomic mass is 10.1. The summed E-state index contributed by atoms with van der Waals surface area (Å²) >= 11 is 1.57. The molecule has 2 aromatic rings. The molecule has 1 N–H and O–H groups in total. The highest BCUT2D eigenvalue weighted by Gasteiger charge is 2.25. The minimum atomic E-state index is 0.0369. The molecule has 2 aliphatic rings. The van der Waals surface area contributed by atoms with Gasteiger partial charge < -0.3 is 10.1 Å². The average molecular weight is 342 g/mol. The van der Waals surface area contributed by atoms with Gasteiger partial charge in [-0.2, -0.15) is 0 Å². The molecule has 0 saturated carbocycles. The Morgan fingerprint density at radius 1 is 1.42 bits per heavy atom. The zero-order valence-corrected chi connectivity index (χ0v) is 14.7. The van der Waals surface area contributed by atoms with Crippen molar-refractivity contribution in [1.82, 2.24) is 10.2 Å². The van der Waals surface area contributed by atoms with Crippen molar-refractivity contribution < 1.29 is 9.53 Å². The van der Waals surface area contributed by atoms with Crippen LogP contribution in [-0.4, -0.2) is 36.5 Å². The van der Waals surface area contributed by atoms with Crippen molar-refractivity contribution in [1.29, 1.82) is 0 Å². The van der Waals surface area contributed by atoms with E-state index in [1.807, 2.05) is 24.3 Å². The fraction of sp³-hybridized carbons (Fsp3) is 0.421. The number of likely N-dealkylation sites (N-methyl/N-ethyl adjacent to an activating group) is 1. The van der Waals surface area contributed by atoms with Crippen LogP contribution < -0.4 is 10.1 Å². The minimum Gasteiger partial charge on any atom is -0.488 e. The number of hydrogen-bond acceptors (Lipinski definition) is 4. The van der Waals surface area contributed by atoms with Crippen molar-refractivity contribution in [2.75, 3.05) is 19.6 Å². The molecule has 5 heteroatoms. The van der Waals surface area contributed by atoms with Gasteiger partial charge in [-0.3, -0.25) is 9.69 Å². The highest BCUT2D eigenvalue weighted by atomic mass is 32.1. The van der Waals surface area contributed by atoms with Gasteiger partial charge in [-0.25, -0.2) is 0 Å². The van der Waals surface area contributed by atoms with E-state index in [0.29, 0.717) is 12.6 Å². The van der Waals surface area contributed by atoms with Gasteiger partial charge in [0, 0.05) is 28.6 Å². The summed E-state index contributed by atoms with van der Waals surface area (Å²) in [5.74, 6) is 0.943. The van der Waals surface area contributed by atoms with E-state index in [1.54, 1.807) is 11.3 Å². The molecule has 4 nitrogen and oxygen atoms in total. The lowest BCUT2D eigenvalue weighted by molar-refractivity contribution is 0.0945. The summed E-state index contributed by atoms with van der Waals surface area (Å²) in [6, 6.07) is 10.5. The molecule has 0 aliphatic carbocycles. The van der Waals surface area contributed by atoms with Crippen molar-refractivity contribution in [2.24, 2.45) is 0 Å². The van der Waals surface area contributed by atoms with E-state index in [9.17, 15) is 4.79 Å². The number of benzene rings is 1. The molecule has 3 heterocycles. The Labute approximate surface area is 146 Å². The maximum Gasteiger partial charge on any atom is 0.261 e. The van der Waals surface area contributed by atoms with Crippen molar-refractivity contribution in [2.45, 2.75) is 32.4 Å². The van der Waals surface area contributed by atoms with Gasteiger partial charge in [0.2, 0.25) is 0 Å². The lowest BCUT2D eigenvalue weighted by Crippen LogP contribution is -2.39. The van der Waals surface area contributed by atoms with E-state index < -0.39 is 0 Å². The van der Waals surface area contributed by atoms with Gasteiger partial charge in [-0.1, -0.05) is 19.1 Å². The summed E-state index contributed by atoms with van der Waals surface area (Å²) in [5.41, 5.74) is 2.20. The summed E-state index contributed by atoms with van der Waals surface area (Å²) in [4.78, 5) is 17.0. The highest BCUT2D eigenvalue weighted by molar-refractivity contribution is 7.17. The Balaban J connectivity index is 1.48. The predicted molar refractivity (Wildman–Crippen MR) is 96.7 cm³/mol. The molecule has 1 saturated heterocycles. The topological polar surface area (TPSA) is 41.6 Å². The van der Waals surface area contributed by atoms with Gasteiger partial charge in [0.25, 0.3) is 5.91 Å². The predicted octanol–water partition coefficient (Wildman–Crippen LogP) is 3.52. The van der Waals surface area contributed by atoms with E-state index >= 15 is 0 Å². The molecular formula is C19H22N2O2S. The van der Waals surface area contributed by atoms with Gasteiger partial charge in [0.15, 0.2) is 0 Å². The maximum atomic E-state index is 12.6. The molecule has 1 aromatic carbocycles. The fourth-order valence-electron chi connectivity index (χ4n) is 3.65. The molecule has 2 aliphatic heterocycles. The van der Waals surface area contributed by atoms with Crippen LogP contribution in [0.15, 0.2) is 30.3 Å². The average Bonchev–Trinajstić information content (AvgIpc) is 3.26. The first-order valence-corrected chi connectivity index (χ1v) is 9.45. The molecule has 4 rings (SSSR count). The number of rotatable bonds is 4. The van der Waals surface area contributed by atoms with E-state index in [-0.39, 0.29) is 5.91 Å². The zero-order chi connectivity index (χ0) is 16.5. The first kappa shape index (κ1) is 15.7. The Morgan fingerprint density at radius 3 is 3.17 bits per heavy atom. The van der Waals surface area contributed by atoms with Gasteiger partial charge in [0.05, 0.1) is 4.88 Å².